The van der Waals surface area contributed by atoms with Gasteiger partial charge in [-0.05, 0) is 28.1 Å². The number of carbonyl (C=O) groups is 1. The monoisotopic (exact) mass is 239 g/mol. The van der Waals surface area contributed by atoms with Crippen LogP contribution in [-0.2, 0) is 0 Å². The first-order chi connectivity index (χ1) is 6.15. The van der Waals surface area contributed by atoms with Gasteiger partial charge in [0.05, 0.1) is 18.1 Å². The molecule has 0 aromatic carbocycles. The first-order valence-corrected chi connectivity index (χ1v) is 4.26. The summed E-state index contributed by atoms with van der Waals surface area (Å²) in [6.07, 6.45) is -0.173. The Morgan fingerprint density at radius 1 is 1.69 bits per heavy atom. The van der Waals surface area contributed by atoms with E-state index in [2.05, 4.69) is 20.9 Å². The molecule has 0 unspecified atom stereocenters. The lowest BCUT2D eigenvalue weighted by atomic mass is 10.1. The number of halogens is 1. The molecule has 0 fully saturated rings. The zero-order valence-corrected chi connectivity index (χ0v) is 8.21. The smallest absolute Gasteiger partial charge is 0.180 e. The standard InChI is InChI=1S/C8H6BrN3O/c9-7-2-1-5(8(11)12-7)6(13)3-4-10/h1-2H,3H2,(H2,11,12). The van der Waals surface area contributed by atoms with Gasteiger partial charge in [0.1, 0.15) is 10.4 Å². The Kier molecular flexibility index (Phi) is 2.98. The molecule has 5 heteroatoms. The van der Waals surface area contributed by atoms with Crippen LogP contribution >= 0.6 is 15.9 Å². The van der Waals surface area contributed by atoms with Crippen LogP contribution < -0.4 is 5.73 Å². The van der Waals surface area contributed by atoms with E-state index in [4.69, 9.17) is 11.0 Å². The SMILES string of the molecule is N#CCC(=O)c1ccc(Br)nc1N. The van der Waals surface area contributed by atoms with E-state index in [1.807, 2.05) is 0 Å². The van der Waals surface area contributed by atoms with E-state index < -0.39 is 0 Å². The van der Waals surface area contributed by atoms with Gasteiger partial charge in [-0.3, -0.25) is 4.79 Å². The average molecular weight is 240 g/mol. The highest BCUT2D eigenvalue weighted by molar-refractivity contribution is 9.10. The lowest BCUT2D eigenvalue weighted by molar-refractivity contribution is 0.0998. The zero-order chi connectivity index (χ0) is 9.84. The van der Waals surface area contributed by atoms with Crippen molar-refractivity contribution in [2.75, 3.05) is 5.73 Å². The van der Waals surface area contributed by atoms with Crippen LogP contribution in [0.15, 0.2) is 16.7 Å². The lowest BCUT2D eigenvalue weighted by Gasteiger charge is -2.00. The van der Waals surface area contributed by atoms with Crippen molar-refractivity contribution in [2.24, 2.45) is 0 Å². The van der Waals surface area contributed by atoms with Crippen molar-refractivity contribution in [3.63, 3.8) is 0 Å². The minimum Gasteiger partial charge on any atom is -0.383 e. The molecule has 0 radical (unpaired) electrons. The Labute approximate surface area is 83.5 Å². The summed E-state index contributed by atoms with van der Waals surface area (Å²) in [5.41, 5.74) is 5.78. The predicted octanol–water partition coefficient (Wildman–Crippen LogP) is 1.52. The van der Waals surface area contributed by atoms with Gasteiger partial charge in [0.15, 0.2) is 5.78 Å². The summed E-state index contributed by atoms with van der Waals surface area (Å²) >= 11 is 3.12. The summed E-state index contributed by atoms with van der Waals surface area (Å²) in [6.45, 7) is 0. The Morgan fingerprint density at radius 2 is 2.38 bits per heavy atom. The van der Waals surface area contributed by atoms with Gasteiger partial charge in [0.2, 0.25) is 0 Å². The third-order valence-corrected chi connectivity index (χ3v) is 1.87. The zero-order valence-electron chi connectivity index (χ0n) is 6.62. The van der Waals surface area contributed by atoms with Crippen molar-refractivity contribution in [1.82, 2.24) is 4.98 Å². The van der Waals surface area contributed by atoms with Gasteiger partial charge in [-0.15, -0.1) is 0 Å². The van der Waals surface area contributed by atoms with Crippen molar-refractivity contribution in [3.05, 3.63) is 22.3 Å². The molecule has 0 saturated carbocycles. The molecule has 2 N–H and O–H groups in total. The van der Waals surface area contributed by atoms with Crippen LogP contribution in [0.2, 0.25) is 0 Å². The number of nitriles is 1. The quantitative estimate of drug-likeness (QED) is 0.627. The number of Topliss-reactive ketones (excluding diaryl/α,β-unsaturated/α-hetero) is 1. The Bertz CT molecular complexity index is 383. The third kappa shape index (κ3) is 2.26. The number of hydrogen-bond acceptors (Lipinski definition) is 4. The van der Waals surface area contributed by atoms with Gasteiger partial charge in [0, 0.05) is 0 Å². The van der Waals surface area contributed by atoms with E-state index in [0.717, 1.165) is 0 Å². The fourth-order valence-corrected chi connectivity index (χ4v) is 1.18. The van der Waals surface area contributed by atoms with Gasteiger partial charge in [-0.1, -0.05) is 0 Å². The van der Waals surface area contributed by atoms with Crippen molar-refractivity contribution in [3.8, 4) is 6.07 Å². The molecule has 0 aliphatic rings. The van der Waals surface area contributed by atoms with Crippen LogP contribution in [0.3, 0.4) is 0 Å². The number of pyridine rings is 1. The molecule has 4 nitrogen and oxygen atoms in total. The summed E-state index contributed by atoms with van der Waals surface area (Å²) in [5, 5.41) is 8.30. The fourth-order valence-electron chi connectivity index (χ4n) is 0.853. The Balaban J connectivity index is 3.03. The van der Waals surface area contributed by atoms with Crippen LogP contribution in [0.5, 0.6) is 0 Å². The molecule has 13 heavy (non-hydrogen) atoms. The summed E-state index contributed by atoms with van der Waals surface area (Å²) in [6, 6.07) is 4.92. The highest BCUT2D eigenvalue weighted by Gasteiger charge is 2.09. The fraction of sp³-hybridized carbons (Fsp3) is 0.125. The number of carbonyl (C=O) groups excluding carboxylic acids is 1. The number of hydrogen-bond donors (Lipinski definition) is 1. The Hall–Kier alpha value is -1.41. The molecule has 1 aromatic heterocycles. The van der Waals surface area contributed by atoms with Crippen molar-refractivity contribution in [1.29, 1.82) is 5.26 Å². The van der Waals surface area contributed by atoms with E-state index in [-0.39, 0.29) is 18.0 Å². The summed E-state index contributed by atoms with van der Waals surface area (Å²) < 4.78 is 0.568. The summed E-state index contributed by atoms with van der Waals surface area (Å²) in [4.78, 5) is 15.1. The number of rotatable bonds is 2. The second-order valence-corrected chi connectivity index (χ2v) is 3.14. The molecule has 1 rings (SSSR count). The van der Waals surface area contributed by atoms with E-state index in [9.17, 15) is 4.79 Å². The second kappa shape index (κ2) is 4.01. The molecular weight excluding hydrogens is 234 g/mol. The molecule has 0 bridgehead atoms. The summed E-state index contributed by atoms with van der Waals surface area (Å²) in [5.74, 6) is -0.158. The lowest BCUT2D eigenvalue weighted by Crippen LogP contribution is -2.04. The van der Waals surface area contributed by atoms with Gasteiger partial charge in [0.25, 0.3) is 0 Å². The number of ketones is 1. The molecular formula is C8H6BrN3O. The molecule has 0 aliphatic carbocycles. The minimum atomic E-state index is -0.306. The number of nitrogens with zero attached hydrogens (tertiary/aromatic N) is 2. The highest BCUT2D eigenvalue weighted by Crippen LogP contribution is 2.15. The number of nitrogens with two attached hydrogens (primary N) is 1. The van der Waals surface area contributed by atoms with Crippen LogP contribution in [0.1, 0.15) is 16.8 Å². The summed E-state index contributed by atoms with van der Waals surface area (Å²) in [7, 11) is 0. The first kappa shape index (κ1) is 9.68. The Morgan fingerprint density at radius 3 is 2.92 bits per heavy atom. The molecule has 1 heterocycles. The van der Waals surface area contributed by atoms with Gasteiger partial charge in [-0.25, -0.2) is 4.98 Å². The maximum atomic E-state index is 11.2. The van der Waals surface area contributed by atoms with E-state index >= 15 is 0 Å². The van der Waals surface area contributed by atoms with E-state index in [1.165, 1.54) is 0 Å². The predicted molar refractivity (Wildman–Crippen MR) is 50.9 cm³/mol. The first-order valence-electron chi connectivity index (χ1n) is 3.47. The van der Waals surface area contributed by atoms with Crippen LogP contribution in [0, 0.1) is 11.3 Å². The highest BCUT2D eigenvalue weighted by atomic mass is 79.9. The van der Waals surface area contributed by atoms with Crippen LogP contribution in [-0.4, -0.2) is 10.8 Å². The number of aromatic nitrogens is 1. The third-order valence-electron chi connectivity index (χ3n) is 1.43. The van der Waals surface area contributed by atoms with Crippen molar-refractivity contribution >= 4 is 27.5 Å². The maximum Gasteiger partial charge on any atom is 0.180 e. The van der Waals surface area contributed by atoms with Crippen LogP contribution in [0.4, 0.5) is 5.82 Å². The van der Waals surface area contributed by atoms with Gasteiger partial charge >= 0.3 is 0 Å². The second-order valence-electron chi connectivity index (χ2n) is 2.32. The maximum absolute atomic E-state index is 11.2. The molecule has 0 saturated heterocycles. The normalized spacial score (nSPS) is 9.23. The number of anilines is 1. The van der Waals surface area contributed by atoms with Gasteiger partial charge in [-0.2, -0.15) is 5.26 Å². The van der Waals surface area contributed by atoms with E-state index in [1.54, 1.807) is 18.2 Å². The molecule has 1 aromatic rings. The molecule has 66 valence electrons. The van der Waals surface area contributed by atoms with Crippen LogP contribution in [0.25, 0.3) is 0 Å². The average Bonchev–Trinajstić information content (AvgIpc) is 2.04. The van der Waals surface area contributed by atoms with Crippen molar-refractivity contribution < 1.29 is 4.79 Å². The van der Waals surface area contributed by atoms with E-state index in [0.29, 0.717) is 10.2 Å². The molecule has 0 amide bonds. The van der Waals surface area contributed by atoms with Gasteiger partial charge < -0.3 is 5.73 Å². The minimum absolute atomic E-state index is 0.148. The largest absolute Gasteiger partial charge is 0.383 e. The molecule has 0 aliphatic heterocycles. The molecule has 0 spiro atoms. The number of nitrogen functional groups attached to an aromatic ring is 1. The topological polar surface area (TPSA) is 79.8 Å². The van der Waals surface area contributed by atoms with Crippen molar-refractivity contribution in [2.45, 2.75) is 6.42 Å². The molecule has 0 atom stereocenters.